The van der Waals surface area contributed by atoms with E-state index >= 15 is 0 Å². The molecule has 0 aliphatic heterocycles. The van der Waals surface area contributed by atoms with E-state index in [9.17, 15) is 8.78 Å². The maximum atomic E-state index is 14.0. The number of para-hydroxylation sites is 3. The van der Waals surface area contributed by atoms with E-state index in [4.69, 9.17) is 5.10 Å². The molecule has 0 aliphatic carbocycles. The zero-order valence-electron chi connectivity index (χ0n) is 27.2. The van der Waals surface area contributed by atoms with Crippen LogP contribution in [0.5, 0.6) is 0 Å². The van der Waals surface area contributed by atoms with Crippen LogP contribution in [-0.2, 0) is 0 Å². The van der Waals surface area contributed by atoms with Gasteiger partial charge in [0.1, 0.15) is 29.2 Å². The molecule has 0 bridgehead atoms. The lowest BCUT2D eigenvalue weighted by molar-refractivity contribution is -0.730. The third-order valence-electron chi connectivity index (χ3n) is 9.74. The van der Waals surface area contributed by atoms with Gasteiger partial charge in [0.05, 0.1) is 22.1 Å². The van der Waals surface area contributed by atoms with Crippen molar-refractivity contribution in [2.24, 2.45) is 0 Å². The van der Waals surface area contributed by atoms with Crippen molar-refractivity contribution in [3.63, 3.8) is 0 Å². The first-order valence-corrected chi connectivity index (χ1v) is 16.8. The molecule has 3 heterocycles. The van der Waals surface area contributed by atoms with Gasteiger partial charge in [-0.05, 0) is 72.8 Å². The predicted molar refractivity (Wildman–Crippen MR) is 199 cm³/mol. The Morgan fingerprint density at radius 1 is 0.431 bits per heavy atom. The predicted octanol–water partition coefficient (Wildman–Crippen LogP) is 10.3. The van der Waals surface area contributed by atoms with E-state index in [0.29, 0.717) is 5.69 Å². The van der Waals surface area contributed by atoms with Gasteiger partial charge >= 0.3 is 0 Å². The summed E-state index contributed by atoms with van der Waals surface area (Å²) in [5.74, 6) is -0.661. The summed E-state index contributed by atoms with van der Waals surface area (Å²) in [4.78, 5) is 1.70. The molecule has 0 saturated heterocycles. The molecule has 10 rings (SSSR count). The quantitative estimate of drug-likeness (QED) is 0.169. The molecular weight excluding hydrogens is 637 g/mol. The fraction of sp³-hybridized carbons (Fsp3) is 0. The summed E-state index contributed by atoms with van der Waals surface area (Å²) in [5, 5.41) is 9.44. The lowest BCUT2D eigenvalue weighted by Gasteiger charge is -2.13. The highest BCUT2D eigenvalue weighted by molar-refractivity contribution is 6.23. The van der Waals surface area contributed by atoms with Crippen LogP contribution in [0.4, 0.5) is 8.78 Å². The summed E-state index contributed by atoms with van der Waals surface area (Å²) < 4.78 is 34.5. The molecule has 0 N–H and O–H groups in total. The molecule has 5 nitrogen and oxygen atoms in total. The van der Waals surface area contributed by atoms with Gasteiger partial charge < -0.3 is 9.13 Å². The van der Waals surface area contributed by atoms with Crippen molar-refractivity contribution in [2.45, 2.75) is 0 Å². The second-order valence-electron chi connectivity index (χ2n) is 12.6. The Kier molecular flexibility index (Phi) is 6.48. The second kappa shape index (κ2) is 11.4. The van der Waals surface area contributed by atoms with Gasteiger partial charge in [0.25, 0.3) is 5.69 Å². The SMILES string of the molecule is Fc1ccc(-n2c(-c3ccc(-n4c5ccccc5c5ccc6c7ccccc7n(-c7ccccc7)c6c54)cc3)cn[n+]2-c2ccc(F)cc2)cc1. The second-order valence-corrected chi connectivity index (χ2v) is 12.6. The smallest absolute Gasteiger partial charge is 0.266 e. The third-order valence-corrected chi connectivity index (χ3v) is 9.74. The van der Waals surface area contributed by atoms with E-state index in [1.807, 2.05) is 4.68 Å². The largest absolute Gasteiger partial charge is 0.307 e. The molecular formula is C44H28F2N5+. The van der Waals surface area contributed by atoms with E-state index in [2.05, 4.69) is 124 Å². The highest BCUT2D eigenvalue weighted by Crippen LogP contribution is 2.41. The van der Waals surface area contributed by atoms with Gasteiger partial charge in [0.15, 0.2) is 0 Å². The van der Waals surface area contributed by atoms with Crippen LogP contribution in [0.15, 0.2) is 170 Å². The fourth-order valence-electron chi connectivity index (χ4n) is 7.50. The third kappa shape index (κ3) is 4.52. The van der Waals surface area contributed by atoms with Gasteiger partial charge in [-0.15, -0.1) is 0 Å². The zero-order valence-corrected chi connectivity index (χ0v) is 27.2. The Labute approximate surface area is 291 Å². The average Bonchev–Trinajstić information content (AvgIpc) is 3.87. The summed E-state index contributed by atoms with van der Waals surface area (Å²) in [7, 11) is 0. The van der Waals surface area contributed by atoms with E-state index in [0.717, 1.165) is 50.4 Å². The van der Waals surface area contributed by atoms with Crippen molar-refractivity contribution in [1.82, 2.24) is 18.9 Å². The maximum Gasteiger partial charge on any atom is 0.266 e. The highest BCUT2D eigenvalue weighted by Gasteiger charge is 2.25. The Morgan fingerprint density at radius 3 is 1.51 bits per heavy atom. The van der Waals surface area contributed by atoms with Crippen LogP contribution in [0.25, 0.3) is 77.6 Å². The van der Waals surface area contributed by atoms with Crippen molar-refractivity contribution in [2.75, 3.05) is 0 Å². The number of rotatable bonds is 5. The van der Waals surface area contributed by atoms with Crippen LogP contribution in [-0.4, -0.2) is 18.9 Å². The number of hydrogen-bond donors (Lipinski definition) is 0. The number of aromatic nitrogens is 5. The lowest BCUT2D eigenvalue weighted by atomic mass is 10.1. The normalized spacial score (nSPS) is 11.7. The average molecular weight is 665 g/mol. The van der Waals surface area contributed by atoms with Crippen LogP contribution < -0.4 is 4.80 Å². The molecule has 0 aliphatic rings. The Morgan fingerprint density at radius 2 is 0.922 bits per heavy atom. The number of halogens is 2. The topological polar surface area (TPSA) is 31.6 Å². The molecule has 0 fully saturated rings. The number of fused-ring (bicyclic) bond motifs is 7. The van der Waals surface area contributed by atoms with Gasteiger partial charge in [-0.2, -0.15) is 0 Å². The van der Waals surface area contributed by atoms with Crippen molar-refractivity contribution >= 4 is 43.6 Å². The van der Waals surface area contributed by atoms with Crippen molar-refractivity contribution < 1.29 is 13.6 Å². The molecule has 7 heteroatoms. The van der Waals surface area contributed by atoms with Gasteiger partial charge in [-0.25, -0.2) is 8.78 Å². The fourth-order valence-corrected chi connectivity index (χ4v) is 7.50. The first kappa shape index (κ1) is 29.1. The summed E-state index contributed by atoms with van der Waals surface area (Å²) in [5.41, 5.74) is 9.77. The summed E-state index contributed by atoms with van der Waals surface area (Å²) >= 11 is 0. The number of hydrogen-bond acceptors (Lipinski definition) is 1. The Bertz CT molecular complexity index is 2900. The van der Waals surface area contributed by atoms with Crippen LogP contribution in [0.1, 0.15) is 0 Å². The molecule has 0 saturated carbocycles. The van der Waals surface area contributed by atoms with Crippen LogP contribution in [0, 0.1) is 11.6 Å². The highest BCUT2D eigenvalue weighted by atomic mass is 19.1. The molecule has 51 heavy (non-hydrogen) atoms. The van der Waals surface area contributed by atoms with Gasteiger partial charge in [-0.3, -0.25) is 0 Å². The molecule has 7 aromatic carbocycles. The van der Waals surface area contributed by atoms with E-state index < -0.39 is 0 Å². The first-order valence-electron chi connectivity index (χ1n) is 16.8. The molecule has 10 aromatic rings. The Hall–Kier alpha value is -6.86. The molecule has 3 aromatic heterocycles. The van der Waals surface area contributed by atoms with E-state index in [1.54, 1.807) is 35.3 Å². The molecule has 0 unspecified atom stereocenters. The van der Waals surface area contributed by atoms with Gasteiger partial charge in [0.2, 0.25) is 0 Å². The Balaban J connectivity index is 1.21. The minimum atomic E-state index is -0.332. The molecule has 0 spiro atoms. The van der Waals surface area contributed by atoms with Crippen LogP contribution >= 0.6 is 0 Å². The standard InChI is InChI=1S/C44H28F2N5/c45-30-16-22-34(23-17-30)50-42(28-47-51(50)35-24-18-31(46)19-25-35)29-14-20-33(21-15-29)49-41-13-7-5-11-37(41)39-27-26-38-36-10-4-6-12-40(36)48(43(38)44(39)49)32-8-2-1-3-9-32/h1-28H/q+1. The maximum absolute atomic E-state index is 14.0. The minimum absolute atomic E-state index is 0.329. The first-order chi connectivity index (χ1) is 25.1. The number of benzene rings is 7. The monoisotopic (exact) mass is 664 g/mol. The molecule has 0 atom stereocenters. The molecule has 0 amide bonds. The zero-order chi connectivity index (χ0) is 34.1. The van der Waals surface area contributed by atoms with Crippen LogP contribution in [0.2, 0.25) is 0 Å². The van der Waals surface area contributed by atoms with E-state index in [-0.39, 0.29) is 11.6 Å². The summed E-state index contributed by atoms with van der Waals surface area (Å²) in [6.45, 7) is 0. The lowest BCUT2D eigenvalue weighted by Crippen LogP contribution is -2.42. The summed E-state index contributed by atoms with van der Waals surface area (Å²) in [6, 6.07) is 53.1. The summed E-state index contributed by atoms with van der Waals surface area (Å²) in [6.07, 6.45) is 1.78. The number of nitrogens with zero attached hydrogens (tertiary/aromatic N) is 5. The van der Waals surface area contributed by atoms with Crippen LogP contribution in [0.3, 0.4) is 0 Å². The molecule has 242 valence electrons. The van der Waals surface area contributed by atoms with Gasteiger partial charge in [-0.1, -0.05) is 83.5 Å². The van der Waals surface area contributed by atoms with Gasteiger partial charge in [0, 0.05) is 60.5 Å². The van der Waals surface area contributed by atoms with E-state index in [1.165, 1.54) is 45.8 Å². The van der Waals surface area contributed by atoms with Crippen molar-refractivity contribution in [3.8, 4) is 34.0 Å². The van der Waals surface area contributed by atoms with Crippen molar-refractivity contribution in [1.29, 1.82) is 0 Å². The van der Waals surface area contributed by atoms with Crippen molar-refractivity contribution in [3.05, 3.63) is 182 Å². The minimum Gasteiger partial charge on any atom is -0.307 e. The molecule has 0 radical (unpaired) electrons.